The van der Waals surface area contributed by atoms with Gasteiger partial charge in [-0.25, -0.2) is 8.78 Å². The van der Waals surface area contributed by atoms with Crippen molar-refractivity contribution in [1.29, 1.82) is 0 Å². The molecule has 0 aromatic heterocycles. The second-order valence-corrected chi connectivity index (χ2v) is 4.41. The molecule has 0 spiro atoms. The van der Waals surface area contributed by atoms with Gasteiger partial charge >= 0.3 is 0 Å². The number of hydrogen-bond donors (Lipinski definition) is 2. The Labute approximate surface area is 118 Å². The van der Waals surface area contributed by atoms with Crippen LogP contribution in [0.3, 0.4) is 0 Å². The van der Waals surface area contributed by atoms with Crippen LogP contribution in [0.25, 0.3) is 0 Å². The standard InChI is InChI=1S/C9H8Cl3F2NO.ClH/c10-4-1-5(7(12)6(11)2-4)8(15)9(13,14)3-16;/h1-2,8,16H,3,15H2;1H/t8-;/m1./s1. The molecule has 0 aliphatic rings. The van der Waals surface area contributed by atoms with Crippen LogP contribution >= 0.6 is 47.2 Å². The first-order valence-electron chi connectivity index (χ1n) is 4.18. The summed E-state index contributed by atoms with van der Waals surface area (Å²) in [6.45, 7) is -1.38. The summed E-state index contributed by atoms with van der Waals surface area (Å²) < 4.78 is 26.3. The summed E-state index contributed by atoms with van der Waals surface area (Å²) in [4.78, 5) is 0. The molecule has 17 heavy (non-hydrogen) atoms. The summed E-state index contributed by atoms with van der Waals surface area (Å²) in [6.07, 6.45) is 0. The lowest BCUT2D eigenvalue weighted by atomic mass is 10.0. The molecule has 0 aliphatic carbocycles. The Hall–Kier alpha value is 0.160. The van der Waals surface area contributed by atoms with Gasteiger partial charge in [-0.2, -0.15) is 0 Å². The SMILES string of the molecule is Cl.N[C@H](c1cc(Cl)cc(Cl)c1Cl)C(F)(F)CO. The zero-order valence-corrected chi connectivity index (χ0v) is 11.3. The number of rotatable bonds is 3. The third kappa shape index (κ3) is 3.81. The van der Waals surface area contributed by atoms with Gasteiger partial charge in [0.1, 0.15) is 6.61 Å². The first kappa shape index (κ1) is 17.2. The molecule has 1 aromatic rings. The smallest absolute Gasteiger partial charge is 0.289 e. The van der Waals surface area contributed by atoms with E-state index in [2.05, 4.69) is 0 Å². The number of hydrogen-bond acceptors (Lipinski definition) is 2. The van der Waals surface area contributed by atoms with Gasteiger partial charge in [-0.05, 0) is 17.7 Å². The van der Waals surface area contributed by atoms with Crippen molar-refractivity contribution in [3.63, 3.8) is 0 Å². The molecule has 0 heterocycles. The molecule has 0 amide bonds. The van der Waals surface area contributed by atoms with Crippen LogP contribution in [0, 0.1) is 0 Å². The Morgan fingerprint density at radius 3 is 2.29 bits per heavy atom. The van der Waals surface area contributed by atoms with Crippen LogP contribution in [0.15, 0.2) is 12.1 Å². The largest absolute Gasteiger partial charge is 0.390 e. The molecule has 1 rings (SSSR count). The molecule has 0 aliphatic heterocycles. The first-order valence-corrected chi connectivity index (χ1v) is 5.31. The lowest BCUT2D eigenvalue weighted by molar-refractivity contribution is -0.0711. The van der Waals surface area contributed by atoms with E-state index in [1.54, 1.807) is 0 Å². The second-order valence-electron chi connectivity index (χ2n) is 3.19. The molecule has 0 saturated heterocycles. The maximum absolute atomic E-state index is 13.2. The minimum atomic E-state index is -3.49. The number of alkyl halides is 2. The van der Waals surface area contributed by atoms with Crippen LogP contribution in [-0.4, -0.2) is 17.6 Å². The van der Waals surface area contributed by atoms with E-state index >= 15 is 0 Å². The van der Waals surface area contributed by atoms with Crippen molar-refractivity contribution in [3.05, 3.63) is 32.8 Å². The Balaban J connectivity index is 0.00000256. The molecule has 0 unspecified atom stereocenters. The van der Waals surface area contributed by atoms with Crippen LogP contribution in [0.5, 0.6) is 0 Å². The predicted molar refractivity (Wildman–Crippen MR) is 67.7 cm³/mol. The third-order valence-electron chi connectivity index (χ3n) is 2.02. The van der Waals surface area contributed by atoms with Crippen LogP contribution in [-0.2, 0) is 0 Å². The van der Waals surface area contributed by atoms with Crippen molar-refractivity contribution in [2.24, 2.45) is 5.73 Å². The van der Waals surface area contributed by atoms with Crippen molar-refractivity contribution in [1.82, 2.24) is 0 Å². The summed E-state index contributed by atoms with van der Waals surface area (Å²) in [5.41, 5.74) is 5.21. The number of nitrogens with two attached hydrogens (primary N) is 1. The van der Waals surface area contributed by atoms with Crippen molar-refractivity contribution in [2.45, 2.75) is 12.0 Å². The van der Waals surface area contributed by atoms with Gasteiger partial charge in [-0.1, -0.05) is 34.8 Å². The molecule has 0 fully saturated rings. The summed E-state index contributed by atoms with van der Waals surface area (Å²) in [6, 6.07) is 0.754. The fourth-order valence-corrected chi connectivity index (χ4v) is 1.86. The lowest BCUT2D eigenvalue weighted by Gasteiger charge is -2.23. The number of aliphatic hydroxyl groups excluding tert-OH is 1. The molecular formula is C9H9Cl4F2NO. The van der Waals surface area contributed by atoms with Gasteiger partial charge in [0, 0.05) is 5.02 Å². The molecule has 0 bridgehead atoms. The zero-order valence-electron chi connectivity index (χ0n) is 8.26. The highest BCUT2D eigenvalue weighted by Crippen LogP contribution is 2.38. The highest BCUT2D eigenvalue weighted by molar-refractivity contribution is 6.43. The molecule has 2 nitrogen and oxygen atoms in total. The average molecular weight is 327 g/mol. The number of halogens is 6. The molecule has 1 aromatic carbocycles. The average Bonchev–Trinajstić information content (AvgIpc) is 2.22. The highest BCUT2D eigenvalue weighted by atomic mass is 35.5. The van der Waals surface area contributed by atoms with Crippen molar-refractivity contribution in [3.8, 4) is 0 Å². The van der Waals surface area contributed by atoms with Gasteiger partial charge in [0.15, 0.2) is 0 Å². The van der Waals surface area contributed by atoms with E-state index in [0.717, 1.165) is 0 Å². The van der Waals surface area contributed by atoms with E-state index < -0.39 is 18.6 Å². The quantitative estimate of drug-likeness (QED) is 0.832. The van der Waals surface area contributed by atoms with E-state index in [4.69, 9.17) is 45.6 Å². The summed E-state index contributed by atoms with van der Waals surface area (Å²) >= 11 is 17.1. The number of benzene rings is 1. The Kier molecular flexibility index (Phi) is 6.42. The Morgan fingerprint density at radius 2 is 1.82 bits per heavy atom. The van der Waals surface area contributed by atoms with Crippen molar-refractivity contribution in [2.75, 3.05) is 6.61 Å². The zero-order chi connectivity index (χ0) is 12.5. The monoisotopic (exact) mass is 325 g/mol. The fourth-order valence-electron chi connectivity index (χ4n) is 1.13. The van der Waals surface area contributed by atoms with Crippen LogP contribution < -0.4 is 5.73 Å². The topological polar surface area (TPSA) is 46.2 Å². The first-order chi connectivity index (χ1) is 7.29. The van der Waals surface area contributed by atoms with E-state index in [0.29, 0.717) is 0 Å². The van der Waals surface area contributed by atoms with E-state index in [9.17, 15) is 8.78 Å². The summed E-state index contributed by atoms with van der Waals surface area (Å²) in [7, 11) is 0. The maximum Gasteiger partial charge on any atom is 0.289 e. The molecule has 1 atom stereocenters. The molecule has 0 saturated carbocycles. The molecule has 8 heteroatoms. The van der Waals surface area contributed by atoms with Gasteiger partial charge < -0.3 is 10.8 Å². The predicted octanol–water partition coefficient (Wildman–Crippen LogP) is 3.70. The number of aliphatic hydroxyl groups is 1. The van der Waals surface area contributed by atoms with Crippen molar-refractivity contribution >= 4 is 47.2 Å². The minimum absolute atomic E-state index is 0. The normalized spacial score (nSPS) is 13.1. The summed E-state index contributed by atoms with van der Waals surface area (Å²) in [5, 5.41) is 8.61. The second kappa shape index (κ2) is 6.36. The highest BCUT2D eigenvalue weighted by Gasteiger charge is 2.38. The van der Waals surface area contributed by atoms with Crippen LogP contribution in [0.1, 0.15) is 11.6 Å². The van der Waals surface area contributed by atoms with Gasteiger partial charge in [0.25, 0.3) is 5.92 Å². The van der Waals surface area contributed by atoms with Crippen molar-refractivity contribution < 1.29 is 13.9 Å². The third-order valence-corrected chi connectivity index (χ3v) is 3.06. The van der Waals surface area contributed by atoms with Gasteiger partial charge in [-0.3, -0.25) is 0 Å². The van der Waals surface area contributed by atoms with Crippen LogP contribution in [0.2, 0.25) is 15.1 Å². The Bertz CT molecular complexity index is 403. The fraction of sp³-hybridized carbons (Fsp3) is 0.333. The Morgan fingerprint density at radius 1 is 1.29 bits per heavy atom. The van der Waals surface area contributed by atoms with Gasteiger partial charge in [0.05, 0.1) is 16.1 Å². The minimum Gasteiger partial charge on any atom is -0.390 e. The van der Waals surface area contributed by atoms with E-state index in [-0.39, 0.29) is 33.0 Å². The lowest BCUT2D eigenvalue weighted by Crippen LogP contribution is -2.36. The molecule has 3 N–H and O–H groups in total. The van der Waals surface area contributed by atoms with Gasteiger partial charge in [-0.15, -0.1) is 12.4 Å². The van der Waals surface area contributed by atoms with Crippen LogP contribution in [0.4, 0.5) is 8.78 Å². The maximum atomic E-state index is 13.2. The molecular weight excluding hydrogens is 318 g/mol. The van der Waals surface area contributed by atoms with Gasteiger partial charge in [0.2, 0.25) is 0 Å². The molecule has 0 radical (unpaired) electrons. The summed E-state index contributed by atoms with van der Waals surface area (Å²) in [5.74, 6) is -3.49. The van der Waals surface area contributed by atoms with E-state index in [1.165, 1.54) is 12.1 Å². The van der Waals surface area contributed by atoms with E-state index in [1.807, 2.05) is 0 Å². The molecule has 98 valence electrons.